The molecule has 0 radical (unpaired) electrons. The van der Waals surface area contributed by atoms with Crippen molar-refractivity contribution in [2.45, 2.75) is 43.7 Å². The lowest BCUT2D eigenvalue weighted by Gasteiger charge is -2.22. The smallest absolute Gasteiger partial charge is 0.251 e. The van der Waals surface area contributed by atoms with Crippen molar-refractivity contribution in [3.8, 4) is 6.07 Å². The van der Waals surface area contributed by atoms with Crippen LogP contribution in [0.5, 0.6) is 0 Å². The van der Waals surface area contributed by atoms with Crippen molar-refractivity contribution in [1.29, 1.82) is 5.26 Å². The van der Waals surface area contributed by atoms with E-state index >= 15 is 0 Å². The van der Waals surface area contributed by atoms with E-state index in [1.807, 2.05) is 0 Å². The number of nitrogens with zero attached hydrogens (tertiary/aromatic N) is 1. The molecule has 8 nitrogen and oxygen atoms in total. The van der Waals surface area contributed by atoms with E-state index in [9.17, 15) is 18.0 Å². The summed E-state index contributed by atoms with van der Waals surface area (Å²) in [5.74, 6) is -0.879. The highest BCUT2D eigenvalue weighted by atomic mass is 32.2. The largest absolute Gasteiger partial charge is 0.340 e. The summed E-state index contributed by atoms with van der Waals surface area (Å²) in [6, 6.07) is 26.4. The summed E-state index contributed by atoms with van der Waals surface area (Å²) >= 11 is 0. The van der Waals surface area contributed by atoms with Crippen LogP contribution in [0, 0.1) is 11.3 Å². The summed E-state index contributed by atoms with van der Waals surface area (Å²) in [5, 5.41) is 15.8. The van der Waals surface area contributed by atoms with Gasteiger partial charge in [-0.05, 0) is 62.7 Å². The van der Waals surface area contributed by atoms with Gasteiger partial charge < -0.3 is 10.6 Å². The number of carbonyl (C=O) groups is 2. The topological polar surface area (TPSA) is 128 Å². The molecule has 1 atom stereocenters. The molecule has 0 bridgehead atoms. The Morgan fingerprint density at radius 2 is 1.50 bits per heavy atom. The van der Waals surface area contributed by atoms with Crippen LogP contribution < -0.4 is 15.4 Å². The average Bonchev–Trinajstić information content (AvgIpc) is 2.92. The number of nitriles is 1. The standard InChI is InChI=1S/C31H30N4O4S/c1-31(2,3)35-40(38,39)28-14-8-11-24-25(28)12-7-13-26(24)33-30(37)27(19-21-15-17-22(20-32)18-16-21)34-29(36)23-9-5-4-6-10-23/h4-18,27,35H,19H2,1-3H3,(H,33,37)(H,34,36)/t27-/m0/s1. The van der Waals surface area contributed by atoms with Crippen LogP contribution in [0.4, 0.5) is 5.69 Å². The number of fused-ring (bicyclic) bond motifs is 1. The lowest BCUT2D eigenvalue weighted by atomic mass is 10.0. The lowest BCUT2D eigenvalue weighted by molar-refractivity contribution is -0.118. The molecule has 4 rings (SSSR count). The van der Waals surface area contributed by atoms with E-state index in [-0.39, 0.29) is 11.3 Å². The number of rotatable bonds is 8. The molecular weight excluding hydrogens is 524 g/mol. The number of amides is 2. The van der Waals surface area contributed by atoms with Gasteiger partial charge in [-0.15, -0.1) is 0 Å². The second kappa shape index (κ2) is 11.7. The molecule has 204 valence electrons. The number of benzene rings is 4. The zero-order valence-corrected chi connectivity index (χ0v) is 23.2. The van der Waals surface area contributed by atoms with E-state index < -0.39 is 33.4 Å². The van der Waals surface area contributed by atoms with Crippen molar-refractivity contribution < 1.29 is 18.0 Å². The first-order valence-electron chi connectivity index (χ1n) is 12.7. The maximum absolute atomic E-state index is 13.6. The summed E-state index contributed by atoms with van der Waals surface area (Å²) in [6.07, 6.45) is 0.177. The van der Waals surface area contributed by atoms with Crippen LogP contribution in [0.15, 0.2) is 95.9 Å². The fourth-order valence-corrected chi connectivity index (χ4v) is 5.94. The Hall–Kier alpha value is -4.52. The van der Waals surface area contributed by atoms with Gasteiger partial charge in [0.2, 0.25) is 15.9 Å². The summed E-state index contributed by atoms with van der Waals surface area (Å²) in [5.41, 5.74) is 1.39. The summed E-state index contributed by atoms with van der Waals surface area (Å²) in [6.45, 7) is 5.29. The molecule has 0 spiro atoms. The second-order valence-electron chi connectivity index (χ2n) is 10.4. The Balaban J connectivity index is 1.66. The van der Waals surface area contributed by atoms with Crippen molar-refractivity contribution in [3.63, 3.8) is 0 Å². The number of anilines is 1. The molecule has 0 fully saturated rings. The van der Waals surface area contributed by atoms with Crippen LogP contribution in [0.3, 0.4) is 0 Å². The molecule has 0 saturated heterocycles. The third-order valence-electron chi connectivity index (χ3n) is 6.05. The average molecular weight is 555 g/mol. The normalized spacial score (nSPS) is 12.3. The van der Waals surface area contributed by atoms with Gasteiger partial charge in [0, 0.05) is 34.0 Å². The lowest BCUT2D eigenvalue weighted by Crippen LogP contribution is -2.45. The van der Waals surface area contributed by atoms with Gasteiger partial charge in [-0.25, -0.2) is 13.1 Å². The first-order chi connectivity index (χ1) is 19.0. The Bertz CT molecular complexity index is 1690. The Morgan fingerprint density at radius 1 is 0.850 bits per heavy atom. The van der Waals surface area contributed by atoms with E-state index in [1.54, 1.807) is 106 Å². The second-order valence-corrected chi connectivity index (χ2v) is 12.1. The number of sulfonamides is 1. The maximum Gasteiger partial charge on any atom is 0.251 e. The van der Waals surface area contributed by atoms with Crippen molar-refractivity contribution in [2.75, 3.05) is 5.32 Å². The van der Waals surface area contributed by atoms with E-state index in [1.165, 1.54) is 6.07 Å². The van der Waals surface area contributed by atoms with Crippen LogP contribution in [0.25, 0.3) is 10.8 Å². The molecule has 0 aliphatic rings. The Morgan fingerprint density at radius 3 is 2.15 bits per heavy atom. The van der Waals surface area contributed by atoms with Crippen LogP contribution in [-0.2, 0) is 21.2 Å². The molecule has 0 aromatic heterocycles. The summed E-state index contributed by atoms with van der Waals surface area (Å²) < 4.78 is 29.0. The fraction of sp³-hybridized carbons (Fsp3) is 0.194. The van der Waals surface area contributed by atoms with Crippen molar-refractivity contribution >= 4 is 38.3 Å². The van der Waals surface area contributed by atoms with Gasteiger partial charge in [0.1, 0.15) is 6.04 Å². The number of hydrogen-bond acceptors (Lipinski definition) is 5. The summed E-state index contributed by atoms with van der Waals surface area (Å²) in [7, 11) is -3.84. The van der Waals surface area contributed by atoms with Crippen molar-refractivity contribution in [3.05, 3.63) is 108 Å². The molecule has 4 aromatic rings. The van der Waals surface area contributed by atoms with E-state index in [4.69, 9.17) is 5.26 Å². The third-order valence-corrected chi connectivity index (χ3v) is 7.87. The molecule has 0 aliphatic heterocycles. The van der Waals surface area contributed by atoms with Gasteiger partial charge in [-0.2, -0.15) is 5.26 Å². The number of nitrogens with one attached hydrogen (secondary N) is 3. The maximum atomic E-state index is 13.6. The molecule has 0 aliphatic carbocycles. The highest BCUT2D eigenvalue weighted by Crippen LogP contribution is 2.29. The first kappa shape index (κ1) is 28.5. The molecule has 0 saturated carbocycles. The predicted octanol–water partition coefficient (Wildman–Crippen LogP) is 4.77. The minimum atomic E-state index is -3.84. The Labute approximate surface area is 234 Å². The van der Waals surface area contributed by atoms with Gasteiger partial charge in [0.15, 0.2) is 0 Å². The molecule has 0 heterocycles. The zero-order valence-electron chi connectivity index (χ0n) is 22.4. The van der Waals surface area contributed by atoms with Crippen LogP contribution in [-0.4, -0.2) is 31.8 Å². The molecule has 2 amide bonds. The van der Waals surface area contributed by atoms with E-state index in [0.717, 1.165) is 5.56 Å². The molecule has 4 aromatic carbocycles. The van der Waals surface area contributed by atoms with Gasteiger partial charge in [-0.3, -0.25) is 9.59 Å². The van der Waals surface area contributed by atoms with Crippen molar-refractivity contribution in [1.82, 2.24) is 10.0 Å². The molecule has 40 heavy (non-hydrogen) atoms. The van der Waals surface area contributed by atoms with Gasteiger partial charge in [0.05, 0.1) is 16.5 Å². The summed E-state index contributed by atoms with van der Waals surface area (Å²) in [4.78, 5) is 26.7. The molecule has 3 N–H and O–H groups in total. The Kier molecular flexibility index (Phi) is 8.33. The van der Waals surface area contributed by atoms with E-state index in [0.29, 0.717) is 27.6 Å². The van der Waals surface area contributed by atoms with Crippen LogP contribution in [0.1, 0.15) is 42.3 Å². The minimum absolute atomic E-state index is 0.0996. The van der Waals surface area contributed by atoms with Crippen LogP contribution in [0.2, 0.25) is 0 Å². The van der Waals surface area contributed by atoms with Crippen LogP contribution >= 0.6 is 0 Å². The minimum Gasteiger partial charge on any atom is -0.340 e. The monoisotopic (exact) mass is 554 g/mol. The fourth-order valence-electron chi connectivity index (χ4n) is 4.29. The highest BCUT2D eigenvalue weighted by molar-refractivity contribution is 7.89. The molecule has 9 heteroatoms. The number of carbonyl (C=O) groups excluding carboxylic acids is 2. The molecular formula is C31H30N4O4S. The number of hydrogen-bond donors (Lipinski definition) is 3. The third kappa shape index (κ3) is 6.91. The quantitative estimate of drug-likeness (QED) is 0.289. The molecule has 0 unspecified atom stereocenters. The van der Waals surface area contributed by atoms with Gasteiger partial charge in [-0.1, -0.05) is 54.6 Å². The van der Waals surface area contributed by atoms with Crippen molar-refractivity contribution in [2.24, 2.45) is 0 Å². The zero-order chi connectivity index (χ0) is 28.9. The van der Waals surface area contributed by atoms with E-state index in [2.05, 4.69) is 21.4 Å². The van der Waals surface area contributed by atoms with Gasteiger partial charge >= 0.3 is 0 Å². The SMILES string of the molecule is CC(C)(C)NS(=O)(=O)c1cccc2c(NC(=O)[C@H](Cc3ccc(C#N)cc3)NC(=O)c3ccccc3)cccc12. The predicted molar refractivity (Wildman–Crippen MR) is 155 cm³/mol. The highest BCUT2D eigenvalue weighted by Gasteiger charge is 2.26. The van der Waals surface area contributed by atoms with Gasteiger partial charge in [0.25, 0.3) is 5.91 Å². The first-order valence-corrected chi connectivity index (χ1v) is 14.2.